The van der Waals surface area contributed by atoms with E-state index in [9.17, 15) is 9.90 Å². The molecule has 1 saturated heterocycles. The number of nitrogens with one attached hydrogen (secondary N) is 2. The quantitative estimate of drug-likeness (QED) is 0.708. The van der Waals surface area contributed by atoms with E-state index in [1.165, 1.54) is 19.3 Å². The molecule has 19 heavy (non-hydrogen) atoms. The van der Waals surface area contributed by atoms with Crippen molar-refractivity contribution in [3.63, 3.8) is 0 Å². The van der Waals surface area contributed by atoms with Crippen molar-refractivity contribution in [2.24, 2.45) is 17.8 Å². The smallest absolute Gasteiger partial charge is 0.315 e. The van der Waals surface area contributed by atoms with Gasteiger partial charge in [-0.25, -0.2) is 4.79 Å². The van der Waals surface area contributed by atoms with Crippen molar-refractivity contribution in [2.75, 3.05) is 19.8 Å². The van der Waals surface area contributed by atoms with Crippen LogP contribution in [0.3, 0.4) is 0 Å². The zero-order valence-electron chi connectivity index (χ0n) is 11.3. The van der Waals surface area contributed by atoms with E-state index in [-0.39, 0.29) is 30.7 Å². The van der Waals surface area contributed by atoms with Gasteiger partial charge in [-0.1, -0.05) is 0 Å². The fourth-order valence-corrected chi connectivity index (χ4v) is 4.11. The number of hydrogen-bond donors (Lipinski definition) is 3. The highest BCUT2D eigenvalue weighted by Crippen LogP contribution is 2.48. The number of aliphatic hydroxyl groups excluding tert-OH is 1. The minimum absolute atomic E-state index is 0.105. The molecule has 2 aliphatic carbocycles. The second kappa shape index (κ2) is 5.67. The van der Waals surface area contributed by atoms with Gasteiger partial charge in [0.05, 0.1) is 6.10 Å². The van der Waals surface area contributed by atoms with Crippen LogP contribution in [0.2, 0.25) is 0 Å². The number of hydrogen-bond acceptors (Lipinski definition) is 3. The van der Waals surface area contributed by atoms with Gasteiger partial charge in [-0.3, -0.25) is 0 Å². The topological polar surface area (TPSA) is 70.6 Å². The minimum Gasteiger partial charge on any atom is -0.396 e. The van der Waals surface area contributed by atoms with Crippen molar-refractivity contribution in [2.45, 2.75) is 44.2 Å². The van der Waals surface area contributed by atoms with Crippen LogP contribution in [0, 0.1) is 17.8 Å². The third kappa shape index (κ3) is 2.72. The minimum atomic E-state index is -0.105. The van der Waals surface area contributed by atoms with Crippen LogP contribution in [0.25, 0.3) is 0 Å². The lowest BCUT2D eigenvalue weighted by Crippen LogP contribution is -2.50. The highest BCUT2D eigenvalue weighted by Gasteiger charge is 2.47. The fraction of sp³-hybridized carbons (Fsp3) is 0.929. The largest absolute Gasteiger partial charge is 0.396 e. The molecule has 0 aromatic rings. The molecule has 0 aromatic heterocycles. The summed E-state index contributed by atoms with van der Waals surface area (Å²) in [6.07, 6.45) is 5.88. The molecule has 5 heteroatoms. The first-order valence-electron chi connectivity index (χ1n) is 7.54. The number of aliphatic hydroxyl groups is 1. The summed E-state index contributed by atoms with van der Waals surface area (Å²) >= 11 is 0. The molecule has 2 bridgehead atoms. The molecule has 5 nitrogen and oxygen atoms in total. The lowest BCUT2D eigenvalue weighted by molar-refractivity contribution is 0.110. The van der Waals surface area contributed by atoms with Gasteiger partial charge in [-0.2, -0.15) is 0 Å². The molecule has 2 amide bonds. The van der Waals surface area contributed by atoms with E-state index < -0.39 is 0 Å². The Balaban J connectivity index is 1.46. The Hall–Kier alpha value is -0.810. The van der Waals surface area contributed by atoms with Crippen LogP contribution in [0.5, 0.6) is 0 Å². The molecule has 1 heterocycles. The third-order valence-electron chi connectivity index (χ3n) is 5.11. The Morgan fingerprint density at radius 1 is 1.26 bits per heavy atom. The van der Waals surface area contributed by atoms with Gasteiger partial charge in [0, 0.05) is 31.7 Å². The number of amides is 2. The van der Waals surface area contributed by atoms with Gasteiger partial charge in [0.2, 0.25) is 0 Å². The van der Waals surface area contributed by atoms with E-state index in [1.807, 2.05) is 0 Å². The van der Waals surface area contributed by atoms with Crippen LogP contribution in [-0.2, 0) is 4.74 Å². The second-order valence-electron chi connectivity index (χ2n) is 6.19. The molecule has 3 N–H and O–H groups in total. The van der Waals surface area contributed by atoms with Crippen LogP contribution >= 0.6 is 0 Å². The number of fused-ring (bicyclic) bond motifs is 2. The van der Waals surface area contributed by atoms with Crippen molar-refractivity contribution >= 4 is 6.03 Å². The summed E-state index contributed by atoms with van der Waals surface area (Å²) < 4.78 is 5.48. The standard InChI is InChI=1S/C14H24N2O3/c17-8-12-9-3-4-10(6-9)13(12)16-14(18)15-7-11-2-1-5-19-11/h9-13,17H,1-8H2,(H2,15,16,18). The summed E-state index contributed by atoms with van der Waals surface area (Å²) in [7, 11) is 0. The predicted octanol–water partition coefficient (Wildman–Crippen LogP) is 0.872. The maximum absolute atomic E-state index is 11.9. The molecule has 108 valence electrons. The molecule has 2 saturated carbocycles. The number of carbonyl (C=O) groups excluding carboxylic acids is 1. The molecule has 5 atom stereocenters. The molecule has 0 aromatic carbocycles. The Labute approximate surface area is 114 Å². The molecule has 0 spiro atoms. The van der Waals surface area contributed by atoms with Crippen molar-refractivity contribution in [1.29, 1.82) is 0 Å². The number of urea groups is 1. The molecular weight excluding hydrogens is 244 g/mol. The second-order valence-corrected chi connectivity index (χ2v) is 6.19. The van der Waals surface area contributed by atoms with Crippen molar-refractivity contribution in [3.05, 3.63) is 0 Å². The average molecular weight is 268 g/mol. The van der Waals surface area contributed by atoms with Crippen LogP contribution < -0.4 is 10.6 Å². The summed E-state index contributed by atoms with van der Waals surface area (Å²) in [4.78, 5) is 11.9. The Kier molecular flexibility index (Phi) is 3.93. The maximum atomic E-state index is 11.9. The molecule has 3 aliphatic rings. The first-order valence-corrected chi connectivity index (χ1v) is 7.54. The van der Waals surface area contributed by atoms with Crippen LogP contribution in [-0.4, -0.2) is 43.0 Å². The zero-order valence-corrected chi connectivity index (χ0v) is 11.3. The summed E-state index contributed by atoms with van der Waals surface area (Å²) in [6.45, 7) is 1.60. The van der Waals surface area contributed by atoms with E-state index >= 15 is 0 Å². The van der Waals surface area contributed by atoms with Crippen LogP contribution in [0.4, 0.5) is 4.79 Å². The Morgan fingerprint density at radius 3 is 2.84 bits per heavy atom. The summed E-state index contributed by atoms with van der Waals surface area (Å²) in [5.41, 5.74) is 0. The summed E-state index contributed by atoms with van der Waals surface area (Å²) in [5, 5.41) is 15.5. The normalized spacial score (nSPS) is 40.6. The van der Waals surface area contributed by atoms with Crippen LogP contribution in [0.1, 0.15) is 32.1 Å². The molecule has 1 aliphatic heterocycles. The highest BCUT2D eigenvalue weighted by molar-refractivity contribution is 5.74. The third-order valence-corrected chi connectivity index (χ3v) is 5.11. The lowest BCUT2D eigenvalue weighted by Gasteiger charge is -2.30. The van der Waals surface area contributed by atoms with Gasteiger partial charge in [0.25, 0.3) is 0 Å². The van der Waals surface area contributed by atoms with E-state index in [4.69, 9.17) is 4.74 Å². The number of ether oxygens (including phenoxy) is 1. The van der Waals surface area contributed by atoms with E-state index in [1.54, 1.807) is 0 Å². The van der Waals surface area contributed by atoms with Gasteiger partial charge in [-0.05, 0) is 43.9 Å². The first kappa shape index (κ1) is 13.2. The SMILES string of the molecule is O=C(NCC1CCCO1)NC1C2CCC(C2)C1CO. The molecule has 3 rings (SSSR count). The predicted molar refractivity (Wildman–Crippen MR) is 70.7 cm³/mol. The average Bonchev–Trinajstić information content (AvgIpc) is 3.13. The number of rotatable bonds is 4. The van der Waals surface area contributed by atoms with Gasteiger partial charge in [0.1, 0.15) is 0 Å². The Morgan fingerprint density at radius 2 is 2.11 bits per heavy atom. The van der Waals surface area contributed by atoms with Crippen molar-refractivity contribution in [3.8, 4) is 0 Å². The van der Waals surface area contributed by atoms with E-state index in [2.05, 4.69) is 10.6 Å². The van der Waals surface area contributed by atoms with Crippen molar-refractivity contribution < 1.29 is 14.6 Å². The first-order chi connectivity index (χ1) is 9.28. The maximum Gasteiger partial charge on any atom is 0.315 e. The van der Waals surface area contributed by atoms with Crippen LogP contribution in [0.15, 0.2) is 0 Å². The number of carbonyl (C=O) groups is 1. The summed E-state index contributed by atoms with van der Waals surface area (Å²) in [6, 6.07) is 0.0553. The monoisotopic (exact) mass is 268 g/mol. The molecular formula is C14H24N2O3. The van der Waals surface area contributed by atoms with Gasteiger partial charge in [-0.15, -0.1) is 0 Å². The molecule has 0 radical (unpaired) electrons. The van der Waals surface area contributed by atoms with Gasteiger partial charge in [0.15, 0.2) is 0 Å². The highest BCUT2D eigenvalue weighted by atomic mass is 16.5. The van der Waals surface area contributed by atoms with Gasteiger partial charge < -0.3 is 20.5 Å². The Bertz CT molecular complexity index is 331. The van der Waals surface area contributed by atoms with E-state index in [0.717, 1.165) is 19.4 Å². The van der Waals surface area contributed by atoms with E-state index in [0.29, 0.717) is 18.4 Å². The molecule has 5 unspecified atom stereocenters. The molecule has 3 fully saturated rings. The zero-order chi connectivity index (χ0) is 13.2. The van der Waals surface area contributed by atoms with Crippen molar-refractivity contribution in [1.82, 2.24) is 10.6 Å². The fourth-order valence-electron chi connectivity index (χ4n) is 4.11. The van der Waals surface area contributed by atoms with Gasteiger partial charge >= 0.3 is 6.03 Å². The summed E-state index contributed by atoms with van der Waals surface area (Å²) in [5.74, 6) is 1.43. The lowest BCUT2D eigenvalue weighted by atomic mass is 9.85.